The fourth-order valence-electron chi connectivity index (χ4n) is 1.49. The van der Waals surface area contributed by atoms with Gasteiger partial charge in [0.2, 0.25) is 4.96 Å². The number of hydrogen-bond donors (Lipinski definition) is 0. The smallest absolute Gasteiger partial charge is 0.213 e. The predicted octanol–water partition coefficient (Wildman–Crippen LogP) is 3.03. The Morgan fingerprint density at radius 1 is 1.29 bits per heavy atom. The Bertz CT molecular complexity index is 686. The molecule has 3 aromatic rings. The summed E-state index contributed by atoms with van der Waals surface area (Å²) in [6, 6.07) is 7.33. The van der Waals surface area contributed by atoms with Gasteiger partial charge in [-0.25, -0.2) is 4.98 Å². The minimum atomic E-state index is 0.663. The van der Waals surface area contributed by atoms with Crippen LogP contribution in [0.15, 0.2) is 35.1 Å². The van der Waals surface area contributed by atoms with Crippen molar-refractivity contribution in [3.63, 3.8) is 0 Å². The van der Waals surface area contributed by atoms with Gasteiger partial charge in [0.15, 0.2) is 0 Å². The van der Waals surface area contributed by atoms with E-state index in [4.69, 9.17) is 0 Å². The summed E-state index contributed by atoms with van der Waals surface area (Å²) >= 11 is 4.88. The third kappa shape index (κ3) is 1.79. The van der Waals surface area contributed by atoms with E-state index in [1.165, 1.54) is 11.3 Å². The number of halogens is 1. The molecule has 1 aromatic carbocycles. The van der Waals surface area contributed by atoms with Gasteiger partial charge >= 0.3 is 0 Å². The normalized spacial score (nSPS) is 10.9. The molecule has 0 N–H and O–H groups in total. The summed E-state index contributed by atoms with van der Waals surface area (Å²) in [5, 5.41) is 5.32. The van der Waals surface area contributed by atoms with Crippen molar-refractivity contribution < 1.29 is 4.79 Å². The van der Waals surface area contributed by atoms with Gasteiger partial charge in [0.1, 0.15) is 15.9 Å². The maximum atomic E-state index is 10.6. The number of hydrogen-bond acceptors (Lipinski definition) is 4. The number of fused-ring (bicyclic) bond motifs is 1. The van der Waals surface area contributed by atoms with Gasteiger partial charge in [0.25, 0.3) is 0 Å². The number of aldehydes is 1. The first kappa shape index (κ1) is 10.6. The summed E-state index contributed by atoms with van der Waals surface area (Å²) in [6.45, 7) is 0. The Labute approximate surface area is 109 Å². The zero-order valence-electron chi connectivity index (χ0n) is 8.50. The number of nitrogens with zero attached hydrogens (tertiary/aromatic N) is 3. The number of benzene rings is 1. The molecule has 2 heterocycles. The van der Waals surface area contributed by atoms with Crippen LogP contribution < -0.4 is 0 Å². The lowest BCUT2D eigenvalue weighted by atomic mass is 10.2. The monoisotopic (exact) mass is 307 g/mol. The fourth-order valence-corrected chi connectivity index (χ4v) is 2.84. The van der Waals surface area contributed by atoms with Crippen molar-refractivity contribution in [3.05, 3.63) is 40.6 Å². The summed E-state index contributed by atoms with van der Waals surface area (Å²) in [5.41, 5.74) is 1.65. The van der Waals surface area contributed by atoms with Crippen molar-refractivity contribution in [1.82, 2.24) is 14.6 Å². The van der Waals surface area contributed by atoms with Gasteiger partial charge in [-0.2, -0.15) is 9.61 Å². The Kier molecular flexibility index (Phi) is 2.53. The molecule has 0 aliphatic heterocycles. The topological polar surface area (TPSA) is 47.3 Å². The number of rotatable bonds is 2. The van der Waals surface area contributed by atoms with Crippen LogP contribution in [0.25, 0.3) is 15.5 Å². The molecule has 0 saturated carbocycles. The zero-order valence-corrected chi connectivity index (χ0v) is 10.9. The van der Waals surface area contributed by atoms with Crippen molar-refractivity contribution in [2.45, 2.75) is 0 Å². The van der Waals surface area contributed by atoms with Gasteiger partial charge in [-0.05, 0) is 15.9 Å². The number of aromatic nitrogens is 3. The second-order valence-corrected chi connectivity index (χ2v) is 5.19. The molecule has 0 spiro atoms. The summed E-state index contributed by atoms with van der Waals surface area (Å²) in [5.74, 6) is 0. The Morgan fingerprint density at radius 3 is 2.71 bits per heavy atom. The van der Waals surface area contributed by atoms with E-state index in [1.54, 1.807) is 22.8 Å². The molecule has 0 atom stereocenters. The van der Waals surface area contributed by atoms with E-state index in [1.807, 2.05) is 12.1 Å². The third-order valence-corrected chi connectivity index (χ3v) is 3.85. The molecule has 0 saturated heterocycles. The predicted molar refractivity (Wildman–Crippen MR) is 69.4 cm³/mol. The SMILES string of the molecule is O=Cc1ccc(-c2nn3c(Br)cnc3s2)cc1. The lowest BCUT2D eigenvalue weighted by Gasteiger charge is -1.95. The van der Waals surface area contributed by atoms with Gasteiger partial charge in [-0.15, -0.1) is 0 Å². The third-order valence-electron chi connectivity index (χ3n) is 2.34. The molecule has 0 radical (unpaired) electrons. The van der Waals surface area contributed by atoms with Crippen LogP contribution in [0, 0.1) is 0 Å². The van der Waals surface area contributed by atoms with Crippen LogP contribution in [-0.4, -0.2) is 20.9 Å². The van der Waals surface area contributed by atoms with Crippen LogP contribution in [0.2, 0.25) is 0 Å². The van der Waals surface area contributed by atoms with Crippen LogP contribution >= 0.6 is 27.3 Å². The molecule has 0 fully saturated rings. The highest BCUT2D eigenvalue weighted by atomic mass is 79.9. The first-order valence-corrected chi connectivity index (χ1v) is 6.44. The molecule has 84 valence electrons. The van der Waals surface area contributed by atoms with E-state index in [9.17, 15) is 4.79 Å². The molecule has 3 rings (SSSR count). The molecular weight excluding hydrogens is 302 g/mol. The molecular formula is C11H6BrN3OS. The molecule has 0 amide bonds. The highest BCUT2D eigenvalue weighted by molar-refractivity contribution is 9.10. The largest absolute Gasteiger partial charge is 0.298 e. The van der Waals surface area contributed by atoms with Gasteiger partial charge < -0.3 is 0 Å². The lowest BCUT2D eigenvalue weighted by Crippen LogP contribution is -1.85. The Morgan fingerprint density at radius 2 is 2.06 bits per heavy atom. The molecule has 17 heavy (non-hydrogen) atoms. The average Bonchev–Trinajstić information content (AvgIpc) is 2.92. The summed E-state index contributed by atoms with van der Waals surface area (Å²) in [6.07, 6.45) is 2.55. The average molecular weight is 308 g/mol. The minimum Gasteiger partial charge on any atom is -0.298 e. The summed E-state index contributed by atoms with van der Waals surface area (Å²) < 4.78 is 2.58. The fraction of sp³-hybridized carbons (Fsp3) is 0. The molecule has 6 heteroatoms. The first-order valence-electron chi connectivity index (χ1n) is 4.83. The van der Waals surface area contributed by atoms with Gasteiger partial charge in [0, 0.05) is 11.1 Å². The van der Waals surface area contributed by atoms with Gasteiger partial charge in [-0.3, -0.25) is 4.79 Å². The summed E-state index contributed by atoms with van der Waals surface area (Å²) in [4.78, 5) is 15.6. The Hall–Kier alpha value is -1.53. The molecule has 2 aromatic heterocycles. The van der Waals surface area contributed by atoms with Gasteiger partial charge in [-0.1, -0.05) is 35.6 Å². The second kappa shape index (κ2) is 4.05. The van der Waals surface area contributed by atoms with Crippen molar-refractivity contribution in [2.75, 3.05) is 0 Å². The number of carbonyl (C=O) groups excluding carboxylic acids is 1. The Balaban J connectivity index is 2.09. The minimum absolute atomic E-state index is 0.663. The highest BCUT2D eigenvalue weighted by Crippen LogP contribution is 2.27. The highest BCUT2D eigenvalue weighted by Gasteiger charge is 2.09. The van der Waals surface area contributed by atoms with E-state index >= 15 is 0 Å². The standard InChI is InChI=1S/C11H6BrN3OS/c12-9-5-13-11-15(9)14-10(17-11)8-3-1-7(6-16)2-4-8/h1-6H. The van der Waals surface area contributed by atoms with Crippen LogP contribution in [0.1, 0.15) is 10.4 Å². The van der Waals surface area contributed by atoms with E-state index in [0.29, 0.717) is 5.56 Å². The van der Waals surface area contributed by atoms with E-state index < -0.39 is 0 Å². The van der Waals surface area contributed by atoms with Crippen LogP contribution in [0.5, 0.6) is 0 Å². The lowest BCUT2D eigenvalue weighted by molar-refractivity contribution is 0.112. The van der Waals surface area contributed by atoms with Crippen LogP contribution in [0.3, 0.4) is 0 Å². The van der Waals surface area contributed by atoms with E-state index in [-0.39, 0.29) is 0 Å². The zero-order chi connectivity index (χ0) is 11.8. The number of carbonyl (C=O) groups is 1. The quantitative estimate of drug-likeness (QED) is 0.684. The van der Waals surface area contributed by atoms with Gasteiger partial charge in [0.05, 0.1) is 6.20 Å². The van der Waals surface area contributed by atoms with Crippen molar-refractivity contribution in [3.8, 4) is 10.6 Å². The molecule has 4 nitrogen and oxygen atoms in total. The van der Waals surface area contributed by atoms with E-state index in [2.05, 4.69) is 26.0 Å². The van der Waals surface area contributed by atoms with Crippen molar-refractivity contribution >= 4 is 38.5 Å². The van der Waals surface area contributed by atoms with Crippen molar-refractivity contribution in [1.29, 1.82) is 0 Å². The maximum absolute atomic E-state index is 10.6. The summed E-state index contributed by atoms with van der Waals surface area (Å²) in [7, 11) is 0. The molecule has 0 bridgehead atoms. The molecule has 0 unspecified atom stereocenters. The van der Waals surface area contributed by atoms with E-state index in [0.717, 1.165) is 26.4 Å². The van der Waals surface area contributed by atoms with Crippen LogP contribution in [0.4, 0.5) is 0 Å². The maximum Gasteiger partial charge on any atom is 0.213 e. The second-order valence-electron chi connectivity index (χ2n) is 3.42. The van der Waals surface area contributed by atoms with Crippen LogP contribution in [-0.2, 0) is 0 Å². The first-order chi connectivity index (χ1) is 8.28. The van der Waals surface area contributed by atoms with Crippen molar-refractivity contribution in [2.24, 2.45) is 0 Å². The molecule has 0 aliphatic carbocycles. The molecule has 0 aliphatic rings. The number of imidazole rings is 1.